The molecule has 0 radical (unpaired) electrons. The lowest BCUT2D eigenvalue weighted by molar-refractivity contribution is -0.137. The molecule has 0 unspecified atom stereocenters. The van der Waals surface area contributed by atoms with Gasteiger partial charge in [0.15, 0.2) is 0 Å². The molecule has 188 valence electrons. The molecular formula is C23H41N5O5. The molecule has 0 bridgehead atoms. The van der Waals surface area contributed by atoms with Gasteiger partial charge in [0.05, 0.1) is 6.04 Å². The first kappa shape index (κ1) is 26.9. The van der Waals surface area contributed by atoms with Crippen molar-refractivity contribution in [2.24, 2.45) is 5.92 Å². The highest BCUT2D eigenvalue weighted by atomic mass is 16.6. The van der Waals surface area contributed by atoms with Gasteiger partial charge in [0.25, 0.3) is 0 Å². The van der Waals surface area contributed by atoms with Crippen LogP contribution in [0.4, 0.5) is 4.79 Å². The van der Waals surface area contributed by atoms with Gasteiger partial charge >= 0.3 is 6.09 Å². The molecule has 2 heterocycles. The van der Waals surface area contributed by atoms with Crippen LogP contribution in [0.25, 0.3) is 0 Å². The quantitative estimate of drug-likeness (QED) is 0.373. The van der Waals surface area contributed by atoms with Gasteiger partial charge in [-0.25, -0.2) is 4.79 Å². The molecule has 0 saturated carbocycles. The number of rotatable bonds is 9. The number of nitrogens with one attached hydrogen (secondary N) is 4. The van der Waals surface area contributed by atoms with E-state index in [-0.39, 0.29) is 29.7 Å². The van der Waals surface area contributed by atoms with Crippen molar-refractivity contribution in [3.05, 3.63) is 0 Å². The number of likely N-dealkylation sites (tertiary alicyclic amines) is 1. The number of unbranched alkanes of at least 4 members (excludes halogenated alkanes) is 1. The van der Waals surface area contributed by atoms with Crippen LogP contribution in [0.3, 0.4) is 0 Å². The lowest BCUT2D eigenvalue weighted by atomic mass is 9.96. The maximum absolute atomic E-state index is 13.3. The van der Waals surface area contributed by atoms with Gasteiger partial charge in [-0.1, -0.05) is 0 Å². The maximum Gasteiger partial charge on any atom is 0.407 e. The number of carbonyl (C=O) groups is 4. The van der Waals surface area contributed by atoms with Crippen molar-refractivity contribution in [2.75, 3.05) is 32.7 Å². The monoisotopic (exact) mass is 467 g/mol. The summed E-state index contributed by atoms with van der Waals surface area (Å²) < 4.78 is 5.31. The predicted molar refractivity (Wildman–Crippen MR) is 124 cm³/mol. The van der Waals surface area contributed by atoms with Crippen LogP contribution in [-0.4, -0.2) is 79.1 Å². The minimum absolute atomic E-state index is 0.0701. The normalized spacial score (nSPS) is 20.1. The van der Waals surface area contributed by atoms with E-state index < -0.39 is 17.7 Å². The number of hydrogen-bond acceptors (Lipinski definition) is 6. The number of hydrogen-bond donors (Lipinski definition) is 4. The molecule has 2 rings (SSSR count). The fraction of sp³-hybridized carbons (Fsp3) is 0.826. The maximum atomic E-state index is 13.3. The summed E-state index contributed by atoms with van der Waals surface area (Å²) in [6, 6.07) is -0.783. The number of nitrogens with zero attached hydrogens (tertiary/aromatic N) is 1. The zero-order valence-corrected chi connectivity index (χ0v) is 20.5. The molecule has 0 aliphatic carbocycles. The Balaban J connectivity index is 1.91. The van der Waals surface area contributed by atoms with Crippen molar-refractivity contribution < 1.29 is 23.9 Å². The largest absolute Gasteiger partial charge is 0.444 e. The minimum Gasteiger partial charge on any atom is -0.444 e. The molecule has 2 atom stereocenters. The summed E-state index contributed by atoms with van der Waals surface area (Å²) in [5, 5.41) is 11.8. The molecule has 33 heavy (non-hydrogen) atoms. The van der Waals surface area contributed by atoms with Crippen LogP contribution in [0.1, 0.15) is 66.2 Å². The molecule has 2 saturated heterocycles. The van der Waals surface area contributed by atoms with Gasteiger partial charge in [-0.05, 0) is 72.4 Å². The highest BCUT2D eigenvalue weighted by molar-refractivity contribution is 5.88. The second kappa shape index (κ2) is 12.8. The van der Waals surface area contributed by atoms with E-state index >= 15 is 0 Å². The molecule has 0 aromatic heterocycles. The molecule has 0 aromatic rings. The third-order valence-corrected chi connectivity index (χ3v) is 5.84. The van der Waals surface area contributed by atoms with Crippen LogP contribution in [0.15, 0.2) is 0 Å². The molecular weight excluding hydrogens is 426 g/mol. The first-order chi connectivity index (χ1) is 15.5. The Morgan fingerprint density at radius 2 is 1.79 bits per heavy atom. The Morgan fingerprint density at radius 3 is 2.42 bits per heavy atom. The predicted octanol–water partition coefficient (Wildman–Crippen LogP) is 0.903. The minimum atomic E-state index is -0.606. The van der Waals surface area contributed by atoms with Crippen LogP contribution >= 0.6 is 0 Å². The smallest absolute Gasteiger partial charge is 0.407 e. The van der Waals surface area contributed by atoms with E-state index in [1.807, 2.05) is 0 Å². The molecule has 2 fully saturated rings. The van der Waals surface area contributed by atoms with Crippen LogP contribution < -0.4 is 21.3 Å². The SMILES string of the molecule is CC(=O)NCCCC[C@@H](NC(=O)C1CCNCC1)C(=O)N1CC[C@H](NC(=O)OC(C)(C)C)C1. The van der Waals surface area contributed by atoms with Crippen LogP contribution in [0.2, 0.25) is 0 Å². The van der Waals surface area contributed by atoms with Crippen molar-refractivity contribution in [2.45, 2.75) is 83.9 Å². The Bertz CT molecular complexity index is 687. The van der Waals surface area contributed by atoms with Crippen LogP contribution in [0.5, 0.6) is 0 Å². The van der Waals surface area contributed by atoms with E-state index in [2.05, 4.69) is 21.3 Å². The zero-order valence-electron chi connectivity index (χ0n) is 20.5. The average molecular weight is 468 g/mol. The summed E-state index contributed by atoms with van der Waals surface area (Å²) in [6.07, 6.45) is 3.63. The van der Waals surface area contributed by atoms with Gasteiger partial charge in [-0.3, -0.25) is 14.4 Å². The van der Waals surface area contributed by atoms with Crippen LogP contribution in [0, 0.1) is 5.92 Å². The topological polar surface area (TPSA) is 129 Å². The second-order valence-electron chi connectivity index (χ2n) is 9.98. The van der Waals surface area contributed by atoms with E-state index in [4.69, 9.17) is 4.74 Å². The highest BCUT2D eigenvalue weighted by Crippen LogP contribution is 2.17. The van der Waals surface area contributed by atoms with Crippen molar-refractivity contribution in [1.82, 2.24) is 26.2 Å². The Hall–Kier alpha value is -2.36. The molecule has 4 amide bonds. The molecule has 10 nitrogen and oxygen atoms in total. The van der Waals surface area contributed by atoms with Gasteiger partial charge in [-0.15, -0.1) is 0 Å². The third-order valence-electron chi connectivity index (χ3n) is 5.84. The van der Waals surface area contributed by atoms with Gasteiger partial charge in [0, 0.05) is 32.5 Å². The fourth-order valence-electron chi connectivity index (χ4n) is 4.14. The lowest BCUT2D eigenvalue weighted by Gasteiger charge is -2.28. The molecule has 10 heteroatoms. The van der Waals surface area contributed by atoms with E-state index in [0.717, 1.165) is 32.4 Å². The Morgan fingerprint density at radius 1 is 1.09 bits per heavy atom. The van der Waals surface area contributed by atoms with Gasteiger partial charge in [-0.2, -0.15) is 0 Å². The Kier molecular flexibility index (Phi) is 10.4. The summed E-state index contributed by atoms with van der Waals surface area (Å²) in [4.78, 5) is 50.9. The summed E-state index contributed by atoms with van der Waals surface area (Å²) in [5.74, 6) is -0.354. The standard InChI is InChI=1S/C23H41N5O5/c1-16(29)25-11-6-5-7-19(27-20(30)17-8-12-24-13-9-17)21(31)28-14-10-18(15-28)26-22(32)33-23(2,3)4/h17-19,24H,5-15H2,1-4H3,(H,25,29)(H,26,32)(H,27,30)/t18-,19+/m0/s1. The van der Waals surface area contributed by atoms with Crippen molar-refractivity contribution in [3.63, 3.8) is 0 Å². The average Bonchev–Trinajstić information content (AvgIpc) is 3.19. The number of carbonyl (C=O) groups excluding carboxylic acids is 4. The summed E-state index contributed by atoms with van der Waals surface area (Å²) in [6.45, 7) is 9.95. The first-order valence-corrected chi connectivity index (χ1v) is 12.1. The summed E-state index contributed by atoms with van der Waals surface area (Å²) in [7, 11) is 0. The van der Waals surface area contributed by atoms with Gasteiger partial charge in [0.2, 0.25) is 17.7 Å². The second-order valence-corrected chi connectivity index (χ2v) is 9.98. The van der Waals surface area contributed by atoms with Crippen molar-refractivity contribution in [3.8, 4) is 0 Å². The summed E-state index contributed by atoms with van der Waals surface area (Å²) in [5.41, 5.74) is -0.584. The Labute approximate surface area is 196 Å². The summed E-state index contributed by atoms with van der Waals surface area (Å²) >= 11 is 0. The number of ether oxygens (including phenoxy) is 1. The van der Waals surface area contributed by atoms with Crippen molar-refractivity contribution in [1.29, 1.82) is 0 Å². The first-order valence-electron chi connectivity index (χ1n) is 12.1. The molecule has 2 aliphatic rings. The van der Waals surface area contributed by atoms with E-state index in [1.54, 1.807) is 25.7 Å². The molecule has 2 aliphatic heterocycles. The fourth-order valence-corrected chi connectivity index (χ4v) is 4.14. The number of piperidine rings is 1. The van der Waals surface area contributed by atoms with E-state index in [9.17, 15) is 19.2 Å². The lowest BCUT2D eigenvalue weighted by Crippen LogP contribution is -2.51. The van der Waals surface area contributed by atoms with Crippen LogP contribution in [-0.2, 0) is 19.1 Å². The molecule has 0 spiro atoms. The highest BCUT2D eigenvalue weighted by Gasteiger charge is 2.34. The van der Waals surface area contributed by atoms with Gasteiger partial charge < -0.3 is 30.9 Å². The molecule has 4 N–H and O–H groups in total. The van der Waals surface area contributed by atoms with E-state index in [1.165, 1.54) is 6.92 Å². The molecule has 0 aromatic carbocycles. The van der Waals surface area contributed by atoms with Crippen molar-refractivity contribution >= 4 is 23.8 Å². The zero-order chi connectivity index (χ0) is 24.4. The van der Waals surface area contributed by atoms with E-state index in [0.29, 0.717) is 38.9 Å². The number of amides is 4. The third kappa shape index (κ3) is 9.98. The number of alkyl carbamates (subject to hydrolysis) is 1. The van der Waals surface area contributed by atoms with Gasteiger partial charge in [0.1, 0.15) is 11.6 Å².